The number of nitrogens with zero attached hydrogens (tertiary/aromatic N) is 2. The van der Waals surface area contributed by atoms with Crippen LogP contribution in [0, 0.1) is 0 Å². The van der Waals surface area contributed by atoms with Crippen LogP contribution in [0.4, 0.5) is 0 Å². The molecule has 1 heterocycles. The maximum absolute atomic E-state index is 5.70. The fourth-order valence-electron chi connectivity index (χ4n) is 1.92. The molecule has 1 aromatic heterocycles. The van der Waals surface area contributed by atoms with Crippen molar-refractivity contribution in [3.8, 4) is 11.4 Å². The summed E-state index contributed by atoms with van der Waals surface area (Å²) in [4.78, 5) is 0. The first-order valence-corrected chi connectivity index (χ1v) is 5.70. The van der Waals surface area contributed by atoms with Crippen LogP contribution in [0.15, 0.2) is 30.5 Å². The number of hydrogen-bond acceptors (Lipinski definition) is 3. The minimum atomic E-state index is 0.521. The van der Waals surface area contributed by atoms with Crippen LogP contribution in [0.25, 0.3) is 5.69 Å². The maximum Gasteiger partial charge on any atom is 0.121 e. The topological polar surface area (TPSA) is 53.1 Å². The van der Waals surface area contributed by atoms with E-state index in [4.69, 9.17) is 10.5 Å². The fraction of sp³-hybridized carbons (Fsp3) is 0.308. The van der Waals surface area contributed by atoms with Crippen molar-refractivity contribution in [2.75, 3.05) is 7.11 Å². The highest BCUT2D eigenvalue weighted by atomic mass is 16.5. The lowest BCUT2D eigenvalue weighted by Gasteiger charge is -2.08. The van der Waals surface area contributed by atoms with Crippen LogP contribution in [0.2, 0.25) is 0 Å². The van der Waals surface area contributed by atoms with Gasteiger partial charge in [0.2, 0.25) is 0 Å². The molecule has 4 nitrogen and oxygen atoms in total. The average Bonchev–Trinajstić information content (AvgIpc) is 2.81. The molecule has 4 heteroatoms. The highest BCUT2D eigenvalue weighted by Gasteiger charge is 2.09. The number of methoxy groups -OCH3 is 1. The SMILES string of the molecule is CCc1c(CN)cnn1-c1cccc(OC)c1. The van der Waals surface area contributed by atoms with Crippen molar-refractivity contribution >= 4 is 0 Å². The Hall–Kier alpha value is -1.81. The van der Waals surface area contributed by atoms with Gasteiger partial charge >= 0.3 is 0 Å². The first kappa shape index (κ1) is 11.7. The van der Waals surface area contributed by atoms with E-state index >= 15 is 0 Å². The Labute approximate surface area is 101 Å². The smallest absolute Gasteiger partial charge is 0.121 e. The molecule has 0 aliphatic heterocycles. The van der Waals surface area contributed by atoms with Crippen LogP contribution in [-0.4, -0.2) is 16.9 Å². The van der Waals surface area contributed by atoms with E-state index < -0.39 is 0 Å². The van der Waals surface area contributed by atoms with Gasteiger partial charge in [0.1, 0.15) is 5.75 Å². The number of rotatable bonds is 4. The zero-order valence-electron chi connectivity index (χ0n) is 10.2. The Balaban J connectivity index is 2.48. The minimum Gasteiger partial charge on any atom is -0.497 e. The van der Waals surface area contributed by atoms with E-state index in [-0.39, 0.29) is 0 Å². The van der Waals surface area contributed by atoms with Crippen molar-refractivity contribution < 1.29 is 4.74 Å². The van der Waals surface area contributed by atoms with E-state index in [0.29, 0.717) is 6.54 Å². The van der Waals surface area contributed by atoms with Gasteiger partial charge in [-0.3, -0.25) is 0 Å². The molecule has 17 heavy (non-hydrogen) atoms. The second kappa shape index (κ2) is 5.01. The van der Waals surface area contributed by atoms with Gasteiger partial charge in [0.05, 0.1) is 19.0 Å². The zero-order valence-corrected chi connectivity index (χ0v) is 10.2. The van der Waals surface area contributed by atoms with Crippen molar-refractivity contribution in [3.05, 3.63) is 41.7 Å². The number of nitrogens with two attached hydrogens (primary N) is 1. The van der Waals surface area contributed by atoms with E-state index in [1.165, 1.54) is 0 Å². The Morgan fingerprint density at radius 2 is 2.24 bits per heavy atom. The summed E-state index contributed by atoms with van der Waals surface area (Å²) in [6, 6.07) is 7.85. The summed E-state index contributed by atoms with van der Waals surface area (Å²) in [7, 11) is 1.66. The van der Waals surface area contributed by atoms with Crippen LogP contribution in [0.3, 0.4) is 0 Å². The molecule has 0 fully saturated rings. The molecule has 0 amide bonds. The lowest BCUT2D eigenvalue weighted by Crippen LogP contribution is -2.05. The van der Waals surface area contributed by atoms with Crippen LogP contribution in [0.1, 0.15) is 18.2 Å². The average molecular weight is 231 g/mol. The first-order valence-electron chi connectivity index (χ1n) is 5.70. The molecule has 2 aromatic rings. The Morgan fingerprint density at radius 3 is 2.88 bits per heavy atom. The van der Waals surface area contributed by atoms with Gasteiger partial charge in [-0.25, -0.2) is 4.68 Å². The van der Waals surface area contributed by atoms with Crippen LogP contribution in [0.5, 0.6) is 5.75 Å². The number of benzene rings is 1. The molecule has 2 rings (SSSR count). The summed E-state index contributed by atoms with van der Waals surface area (Å²) in [6.45, 7) is 2.62. The van der Waals surface area contributed by atoms with Gasteiger partial charge in [-0.15, -0.1) is 0 Å². The highest BCUT2D eigenvalue weighted by Crippen LogP contribution is 2.19. The Morgan fingerprint density at radius 1 is 1.41 bits per heavy atom. The summed E-state index contributed by atoms with van der Waals surface area (Å²) in [5.74, 6) is 0.828. The maximum atomic E-state index is 5.70. The Kier molecular flexibility index (Phi) is 3.44. The van der Waals surface area contributed by atoms with Crippen LogP contribution in [-0.2, 0) is 13.0 Å². The quantitative estimate of drug-likeness (QED) is 0.874. The summed E-state index contributed by atoms with van der Waals surface area (Å²) in [5.41, 5.74) is 8.94. The van der Waals surface area contributed by atoms with Gasteiger partial charge in [0, 0.05) is 23.9 Å². The van der Waals surface area contributed by atoms with Crippen molar-refractivity contribution in [3.63, 3.8) is 0 Å². The predicted molar refractivity (Wildman–Crippen MR) is 67.4 cm³/mol. The van der Waals surface area contributed by atoms with Gasteiger partial charge in [0.15, 0.2) is 0 Å². The highest BCUT2D eigenvalue weighted by molar-refractivity contribution is 5.41. The molecular weight excluding hydrogens is 214 g/mol. The molecule has 0 atom stereocenters. The largest absolute Gasteiger partial charge is 0.497 e. The normalized spacial score (nSPS) is 10.5. The summed E-state index contributed by atoms with van der Waals surface area (Å²) in [5, 5.41) is 4.38. The van der Waals surface area contributed by atoms with Gasteiger partial charge < -0.3 is 10.5 Å². The third-order valence-electron chi connectivity index (χ3n) is 2.81. The molecule has 2 N–H and O–H groups in total. The zero-order chi connectivity index (χ0) is 12.3. The molecule has 0 unspecified atom stereocenters. The molecular formula is C13H17N3O. The van der Waals surface area contributed by atoms with Gasteiger partial charge in [0.25, 0.3) is 0 Å². The number of ether oxygens (including phenoxy) is 1. The van der Waals surface area contributed by atoms with E-state index in [9.17, 15) is 0 Å². The van der Waals surface area contributed by atoms with Crippen LogP contribution < -0.4 is 10.5 Å². The van der Waals surface area contributed by atoms with E-state index in [1.807, 2.05) is 35.1 Å². The molecule has 0 saturated carbocycles. The third-order valence-corrected chi connectivity index (χ3v) is 2.81. The molecule has 0 saturated heterocycles. The second-order valence-electron chi connectivity index (χ2n) is 3.79. The lowest BCUT2D eigenvalue weighted by molar-refractivity contribution is 0.414. The summed E-state index contributed by atoms with van der Waals surface area (Å²) >= 11 is 0. The molecule has 0 spiro atoms. The van der Waals surface area contributed by atoms with E-state index in [0.717, 1.165) is 29.1 Å². The molecule has 0 bridgehead atoms. The molecule has 0 radical (unpaired) electrons. The van der Waals surface area contributed by atoms with Crippen molar-refractivity contribution in [2.45, 2.75) is 19.9 Å². The van der Waals surface area contributed by atoms with Crippen molar-refractivity contribution in [1.29, 1.82) is 0 Å². The molecule has 0 aliphatic carbocycles. The van der Waals surface area contributed by atoms with E-state index in [1.54, 1.807) is 7.11 Å². The summed E-state index contributed by atoms with van der Waals surface area (Å²) in [6.07, 6.45) is 2.74. The van der Waals surface area contributed by atoms with Gasteiger partial charge in [-0.05, 0) is 18.6 Å². The molecule has 90 valence electrons. The standard InChI is InChI=1S/C13H17N3O/c1-3-13-10(8-14)9-15-16(13)11-5-4-6-12(7-11)17-2/h4-7,9H,3,8,14H2,1-2H3. The van der Waals surface area contributed by atoms with Crippen LogP contribution >= 0.6 is 0 Å². The number of hydrogen-bond donors (Lipinski definition) is 1. The lowest BCUT2D eigenvalue weighted by atomic mass is 10.2. The monoisotopic (exact) mass is 231 g/mol. The fourth-order valence-corrected chi connectivity index (χ4v) is 1.92. The predicted octanol–water partition coefficient (Wildman–Crippen LogP) is 1.90. The Bertz CT molecular complexity index is 505. The minimum absolute atomic E-state index is 0.521. The van der Waals surface area contributed by atoms with E-state index in [2.05, 4.69) is 12.0 Å². The van der Waals surface area contributed by atoms with Gasteiger partial charge in [-0.1, -0.05) is 13.0 Å². The van der Waals surface area contributed by atoms with Crippen molar-refractivity contribution in [2.24, 2.45) is 5.73 Å². The van der Waals surface area contributed by atoms with Gasteiger partial charge in [-0.2, -0.15) is 5.10 Å². The first-order chi connectivity index (χ1) is 8.30. The molecule has 1 aromatic carbocycles. The summed E-state index contributed by atoms with van der Waals surface area (Å²) < 4.78 is 7.14. The number of aromatic nitrogens is 2. The molecule has 0 aliphatic rings. The second-order valence-corrected chi connectivity index (χ2v) is 3.79. The van der Waals surface area contributed by atoms with Crippen molar-refractivity contribution in [1.82, 2.24) is 9.78 Å². The third kappa shape index (κ3) is 2.17.